The predicted molar refractivity (Wildman–Crippen MR) is 82.7 cm³/mol. The Kier molecular flexibility index (Phi) is 4.55. The Bertz CT molecular complexity index is 631. The Balaban J connectivity index is 2.01. The van der Waals surface area contributed by atoms with Gasteiger partial charge in [-0.25, -0.2) is 4.98 Å². The summed E-state index contributed by atoms with van der Waals surface area (Å²) in [7, 11) is 0. The molecule has 0 aliphatic carbocycles. The van der Waals surface area contributed by atoms with Crippen molar-refractivity contribution in [2.75, 3.05) is 6.54 Å². The number of rotatable bonds is 6. The smallest absolute Gasteiger partial charge is 0.261 e. The van der Waals surface area contributed by atoms with E-state index in [9.17, 15) is 4.79 Å². The lowest BCUT2D eigenvalue weighted by atomic mass is 9.87. The van der Waals surface area contributed by atoms with Crippen LogP contribution in [-0.2, 0) is 6.54 Å². The lowest BCUT2D eigenvalue weighted by Gasteiger charge is -2.21. The maximum absolute atomic E-state index is 12.3. The van der Waals surface area contributed by atoms with Crippen LogP contribution in [0.4, 0.5) is 0 Å². The molecule has 0 radical (unpaired) electrons. The topological polar surface area (TPSA) is 60.9 Å². The van der Waals surface area contributed by atoms with Crippen molar-refractivity contribution >= 4 is 10.9 Å². The van der Waals surface area contributed by atoms with E-state index in [1.807, 2.05) is 24.3 Å². The molecule has 4 heteroatoms. The number of fused-ring (bicyclic) bond motifs is 1. The Morgan fingerprint density at radius 2 is 2.00 bits per heavy atom. The van der Waals surface area contributed by atoms with Crippen molar-refractivity contribution in [1.82, 2.24) is 9.55 Å². The van der Waals surface area contributed by atoms with E-state index in [-0.39, 0.29) is 11.0 Å². The van der Waals surface area contributed by atoms with Crippen LogP contribution in [0, 0.1) is 5.41 Å². The van der Waals surface area contributed by atoms with Gasteiger partial charge >= 0.3 is 0 Å². The highest BCUT2D eigenvalue weighted by molar-refractivity contribution is 5.76. The van der Waals surface area contributed by atoms with Crippen LogP contribution in [0.25, 0.3) is 10.9 Å². The molecule has 0 aliphatic rings. The van der Waals surface area contributed by atoms with Gasteiger partial charge in [0, 0.05) is 6.54 Å². The normalized spacial score (nSPS) is 11.9. The molecule has 4 nitrogen and oxygen atoms in total. The fraction of sp³-hybridized carbons (Fsp3) is 0.500. The minimum atomic E-state index is 0.0497. The van der Waals surface area contributed by atoms with Crippen LogP contribution in [0.1, 0.15) is 33.1 Å². The van der Waals surface area contributed by atoms with Crippen LogP contribution in [0.2, 0.25) is 0 Å². The van der Waals surface area contributed by atoms with Gasteiger partial charge in [0.2, 0.25) is 0 Å². The molecule has 0 spiro atoms. The summed E-state index contributed by atoms with van der Waals surface area (Å²) in [5, 5.41) is 0.692. The number of para-hydroxylation sites is 1. The van der Waals surface area contributed by atoms with Crippen molar-refractivity contribution in [3.63, 3.8) is 0 Å². The second-order valence-corrected chi connectivity index (χ2v) is 6.09. The molecule has 0 bridgehead atoms. The summed E-state index contributed by atoms with van der Waals surface area (Å²) in [6.07, 6.45) is 4.78. The molecular formula is C16H23N3O. The molecule has 1 aromatic heterocycles. The fourth-order valence-electron chi connectivity index (χ4n) is 2.25. The Morgan fingerprint density at radius 3 is 2.75 bits per heavy atom. The summed E-state index contributed by atoms with van der Waals surface area (Å²) in [6, 6.07) is 7.47. The first-order valence-corrected chi connectivity index (χ1v) is 7.18. The van der Waals surface area contributed by atoms with Crippen LogP contribution < -0.4 is 11.3 Å². The summed E-state index contributed by atoms with van der Waals surface area (Å²) in [4.78, 5) is 16.6. The van der Waals surface area contributed by atoms with E-state index < -0.39 is 0 Å². The van der Waals surface area contributed by atoms with Gasteiger partial charge in [-0.05, 0) is 36.9 Å². The van der Waals surface area contributed by atoms with Gasteiger partial charge in [-0.2, -0.15) is 0 Å². The first kappa shape index (κ1) is 14.7. The number of hydrogen-bond donors (Lipinski definition) is 1. The zero-order valence-corrected chi connectivity index (χ0v) is 12.3. The monoisotopic (exact) mass is 273 g/mol. The highest BCUT2D eigenvalue weighted by Gasteiger charge is 2.14. The van der Waals surface area contributed by atoms with E-state index in [1.54, 1.807) is 10.9 Å². The zero-order valence-electron chi connectivity index (χ0n) is 12.3. The van der Waals surface area contributed by atoms with E-state index >= 15 is 0 Å². The molecule has 2 aromatic rings. The molecule has 0 unspecified atom stereocenters. The summed E-state index contributed by atoms with van der Waals surface area (Å²) in [6.45, 7) is 5.77. The first-order chi connectivity index (χ1) is 9.53. The lowest BCUT2D eigenvalue weighted by molar-refractivity contribution is 0.328. The first-order valence-electron chi connectivity index (χ1n) is 7.18. The SMILES string of the molecule is CC(C)(CN)CCCCn1cnc2ccccc2c1=O. The van der Waals surface area contributed by atoms with Crippen LogP contribution >= 0.6 is 0 Å². The van der Waals surface area contributed by atoms with Crippen molar-refractivity contribution in [2.24, 2.45) is 11.1 Å². The second kappa shape index (κ2) is 6.18. The van der Waals surface area contributed by atoms with Gasteiger partial charge in [-0.3, -0.25) is 9.36 Å². The molecular weight excluding hydrogens is 250 g/mol. The predicted octanol–water partition coefficient (Wildman–Crippen LogP) is 2.55. The summed E-state index contributed by atoms with van der Waals surface area (Å²) in [5.74, 6) is 0. The van der Waals surface area contributed by atoms with Crippen molar-refractivity contribution in [3.05, 3.63) is 40.9 Å². The van der Waals surface area contributed by atoms with Crippen LogP contribution in [0.3, 0.4) is 0 Å². The maximum Gasteiger partial charge on any atom is 0.261 e. The van der Waals surface area contributed by atoms with Crippen molar-refractivity contribution in [3.8, 4) is 0 Å². The average molecular weight is 273 g/mol. The molecule has 0 aliphatic heterocycles. The molecule has 1 heterocycles. The van der Waals surface area contributed by atoms with E-state index in [0.29, 0.717) is 11.9 Å². The molecule has 0 fully saturated rings. The second-order valence-electron chi connectivity index (χ2n) is 6.09. The number of hydrogen-bond acceptors (Lipinski definition) is 3. The Labute approximate surface area is 119 Å². The minimum Gasteiger partial charge on any atom is -0.330 e. The number of aryl methyl sites for hydroxylation is 1. The molecule has 0 saturated carbocycles. The van der Waals surface area contributed by atoms with E-state index in [2.05, 4.69) is 18.8 Å². The van der Waals surface area contributed by atoms with Gasteiger partial charge in [0.1, 0.15) is 0 Å². The van der Waals surface area contributed by atoms with Crippen molar-refractivity contribution in [1.29, 1.82) is 0 Å². The summed E-state index contributed by atoms with van der Waals surface area (Å²) in [5.41, 5.74) is 6.72. The fourth-order valence-corrected chi connectivity index (χ4v) is 2.25. The minimum absolute atomic E-state index is 0.0497. The number of unbranched alkanes of at least 4 members (excludes halogenated alkanes) is 1. The number of nitrogens with zero attached hydrogens (tertiary/aromatic N) is 2. The van der Waals surface area contributed by atoms with Gasteiger partial charge in [0.15, 0.2) is 0 Å². The largest absolute Gasteiger partial charge is 0.330 e. The molecule has 2 rings (SSSR count). The third-order valence-corrected chi connectivity index (χ3v) is 3.79. The molecule has 2 N–H and O–H groups in total. The Hall–Kier alpha value is -1.68. The maximum atomic E-state index is 12.3. The van der Waals surface area contributed by atoms with E-state index in [0.717, 1.165) is 31.3 Å². The van der Waals surface area contributed by atoms with Crippen LogP contribution in [0.15, 0.2) is 35.4 Å². The van der Waals surface area contributed by atoms with Gasteiger partial charge in [0.25, 0.3) is 5.56 Å². The van der Waals surface area contributed by atoms with E-state index in [4.69, 9.17) is 5.73 Å². The standard InChI is InChI=1S/C16H23N3O/c1-16(2,11-17)9-5-6-10-19-12-18-14-8-4-3-7-13(14)15(19)20/h3-4,7-8,12H,5-6,9-11,17H2,1-2H3. The van der Waals surface area contributed by atoms with Gasteiger partial charge in [0.05, 0.1) is 17.2 Å². The molecule has 0 atom stereocenters. The number of benzene rings is 1. The van der Waals surface area contributed by atoms with Gasteiger partial charge in [-0.15, -0.1) is 0 Å². The van der Waals surface area contributed by atoms with Gasteiger partial charge < -0.3 is 5.73 Å². The number of nitrogens with two attached hydrogens (primary N) is 1. The quantitative estimate of drug-likeness (QED) is 0.823. The molecule has 108 valence electrons. The van der Waals surface area contributed by atoms with Crippen molar-refractivity contribution < 1.29 is 0 Å². The molecule has 1 aromatic carbocycles. The number of aromatic nitrogens is 2. The highest BCUT2D eigenvalue weighted by atomic mass is 16.1. The zero-order chi connectivity index (χ0) is 14.6. The summed E-state index contributed by atoms with van der Waals surface area (Å²) < 4.78 is 1.71. The van der Waals surface area contributed by atoms with Crippen LogP contribution in [-0.4, -0.2) is 16.1 Å². The molecule has 0 amide bonds. The van der Waals surface area contributed by atoms with Crippen molar-refractivity contribution in [2.45, 2.75) is 39.7 Å². The summed E-state index contributed by atoms with van der Waals surface area (Å²) >= 11 is 0. The van der Waals surface area contributed by atoms with Crippen LogP contribution in [0.5, 0.6) is 0 Å². The lowest BCUT2D eigenvalue weighted by Crippen LogP contribution is -2.24. The van der Waals surface area contributed by atoms with E-state index in [1.165, 1.54) is 0 Å². The van der Waals surface area contributed by atoms with Gasteiger partial charge in [-0.1, -0.05) is 32.4 Å². The average Bonchev–Trinajstić information content (AvgIpc) is 2.46. The third kappa shape index (κ3) is 3.45. The Morgan fingerprint density at radius 1 is 1.25 bits per heavy atom. The molecule has 20 heavy (non-hydrogen) atoms. The molecule has 0 saturated heterocycles. The highest BCUT2D eigenvalue weighted by Crippen LogP contribution is 2.21. The third-order valence-electron chi connectivity index (χ3n) is 3.79.